The Labute approximate surface area is 116 Å². The highest BCUT2D eigenvalue weighted by Gasteiger charge is 2.59. The predicted octanol–water partition coefficient (Wildman–Crippen LogP) is 3.21. The molecule has 9 heteroatoms. The number of aromatic nitrogens is 1. The highest BCUT2D eigenvalue weighted by atomic mass is 19.4. The van der Waals surface area contributed by atoms with Crippen LogP contribution in [0.2, 0.25) is 0 Å². The number of rotatable bonds is 5. The Morgan fingerprint density at radius 1 is 1.14 bits per heavy atom. The molecule has 118 valence electrons. The Balaban J connectivity index is 2.07. The summed E-state index contributed by atoms with van der Waals surface area (Å²) in [5, 5.41) is 3.05. The molecule has 1 heterocycles. The van der Waals surface area contributed by atoms with Crippen LogP contribution in [-0.2, 0) is 6.54 Å². The fourth-order valence-corrected chi connectivity index (χ4v) is 1.60. The highest BCUT2D eigenvalue weighted by molar-refractivity contribution is 5.16. The van der Waals surface area contributed by atoms with Gasteiger partial charge in [-0.3, -0.25) is 0 Å². The number of alkyl halides is 6. The fraction of sp³-hybridized carbons (Fsp3) is 0.583. The lowest BCUT2D eigenvalue weighted by Crippen LogP contribution is -2.46. The van der Waals surface area contributed by atoms with E-state index in [2.05, 4.69) is 15.0 Å². The van der Waals surface area contributed by atoms with Crippen LogP contribution in [0, 0.1) is 0 Å². The third kappa shape index (κ3) is 4.76. The number of hydrogen-bond donors (Lipinski definition) is 1. The molecule has 0 spiro atoms. The Morgan fingerprint density at radius 2 is 1.76 bits per heavy atom. The maximum Gasteiger partial charge on any atom is 0.434 e. The molecule has 1 aromatic heterocycles. The monoisotopic (exact) mass is 314 g/mol. The van der Waals surface area contributed by atoms with Crippen molar-refractivity contribution in [3.8, 4) is 5.88 Å². The van der Waals surface area contributed by atoms with E-state index in [1.54, 1.807) is 0 Å². The number of pyridine rings is 1. The number of halogens is 6. The van der Waals surface area contributed by atoms with Gasteiger partial charge in [-0.15, -0.1) is 0 Å². The lowest BCUT2D eigenvalue weighted by atomic mass is 10.3. The minimum atomic E-state index is -5.55. The molecule has 3 nitrogen and oxygen atoms in total. The average Bonchev–Trinajstić information content (AvgIpc) is 3.15. The molecule has 0 unspecified atom stereocenters. The average molecular weight is 314 g/mol. The lowest BCUT2D eigenvalue weighted by molar-refractivity contribution is -0.300. The first-order chi connectivity index (χ1) is 9.66. The summed E-state index contributed by atoms with van der Waals surface area (Å²) in [4.78, 5) is 3.65. The van der Waals surface area contributed by atoms with Crippen LogP contribution < -0.4 is 10.1 Å². The first-order valence-corrected chi connectivity index (χ1v) is 6.15. The maximum absolute atomic E-state index is 12.4. The van der Waals surface area contributed by atoms with Crippen LogP contribution in [0.4, 0.5) is 26.3 Å². The standard InChI is InChI=1S/C12H12F6N2O/c13-11(14,15)10(12(16,17)18)21-9-3-1-2-8(20-9)6-19-7-4-5-7/h1-3,7,10,19H,4-6H2. The quantitative estimate of drug-likeness (QED) is 0.848. The Morgan fingerprint density at radius 3 is 2.29 bits per heavy atom. The van der Waals surface area contributed by atoms with E-state index in [0.717, 1.165) is 18.9 Å². The minimum absolute atomic E-state index is 0.268. The molecule has 1 N–H and O–H groups in total. The van der Waals surface area contributed by atoms with Crippen LogP contribution in [0.5, 0.6) is 5.88 Å². The van der Waals surface area contributed by atoms with Crippen LogP contribution in [-0.4, -0.2) is 29.5 Å². The molecule has 0 bridgehead atoms. The second-order valence-corrected chi connectivity index (χ2v) is 4.70. The lowest BCUT2D eigenvalue weighted by Gasteiger charge is -2.23. The smallest absolute Gasteiger partial charge is 0.434 e. The van der Waals surface area contributed by atoms with Crippen molar-refractivity contribution in [1.29, 1.82) is 0 Å². The molecule has 21 heavy (non-hydrogen) atoms. The SMILES string of the molecule is FC(F)(F)C(Oc1cccc(CNC2CC2)n1)C(F)(F)F. The highest BCUT2D eigenvalue weighted by Crippen LogP contribution is 2.36. The second kappa shape index (κ2) is 5.70. The van der Waals surface area contributed by atoms with Gasteiger partial charge < -0.3 is 10.1 Å². The normalized spacial score (nSPS) is 16.3. The second-order valence-electron chi connectivity index (χ2n) is 4.70. The van der Waals surface area contributed by atoms with E-state index in [4.69, 9.17) is 0 Å². The van der Waals surface area contributed by atoms with Gasteiger partial charge >= 0.3 is 12.4 Å². The largest absolute Gasteiger partial charge is 0.455 e. The molecule has 0 radical (unpaired) electrons. The first kappa shape index (κ1) is 15.9. The van der Waals surface area contributed by atoms with Gasteiger partial charge in [0.2, 0.25) is 5.88 Å². The maximum atomic E-state index is 12.4. The van der Waals surface area contributed by atoms with Crippen molar-refractivity contribution in [2.75, 3.05) is 0 Å². The molecule has 0 aromatic carbocycles. The number of nitrogens with zero attached hydrogens (tertiary/aromatic N) is 1. The molecular formula is C12H12F6N2O. The molecule has 2 rings (SSSR count). The third-order valence-corrected chi connectivity index (χ3v) is 2.76. The topological polar surface area (TPSA) is 34.1 Å². The van der Waals surface area contributed by atoms with Gasteiger partial charge in [0.1, 0.15) is 0 Å². The summed E-state index contributed by atoms with van der Waals surface area (Å²) in [7, 11) is 0. The van der Waals surface area contributed by atoms with Gasteiger partial charge in [-0.2, -0.15) is 26.3 Å². The van der Waals surface area contributed by atoms with Crippen molar-refractivity contribution in [3.63, 3.8) is 0 Å². The molecule has 0 aliphatic heterocycles. The number of hydrogen-bond acceptors (Lipinski definition) is 3. The summed E-state index contributed by atoms with van der Waals surface area (Å²) in [6.07, 6.45) is -13.0. The van der Waals surface area contributed by atoms with Gasteiger partial charge in [0.25, 0.3) is 6.10 Å². The van der Waals surface area contributed by atoms with Crippen molar-refractivity contribution in [3.05, 3.63) is 23.9 Å². The molecular weight excluding hydrogens is 302 g/mol. The molecule has 0 amide bonds. The van der Waals surface area contributed by atoms with Gasteiger partial charge in [0.15, 0.2) is 0 Å². The van der Waals surface area contributed by atoms with Crippen molar-refractivity contribution < 1.29 is 31.1 Å². The van der Waals surface area contributed by atoms with Crippen molar-refractivity contribution in [2.45, 2.75) is 43.9 Å². The summed E-state index contributed by atoms with van der Waals surface area (Å²) in [5.41, 5.74) is 0.322. The summed E-state index contributed by atoms with van der Waals surface area (Å²) in [6.45, 7) is 0.268. The van der Waals surface area contributed by atoms with Crippen molar-refractivity contribution >= 4 is 0 Å². The molecule has 1 aliphatic carbocycles. The van der Waals surface area contributed by atoms with Crippen LogP contribution in [0.25, 0.3) is 0 Å². The molecule has 0 atom stereocenters. The molecule has 1 aliphatic rings. The predicted molar refractivity (Wildman–Crippen MR) is 60.6 cm³/mol. The Kier molecular flexibility index (Phi) is 4.31. The van der Waals surface area contributed by atoms with Crippen molar-refractivity contribution in [1.82, 2.24) is 10.3 Å². The zero-order chi connectivity index (χ0) is 15.7. The van der Waals surface area contributed by atoms with Gasteiger partial charge in [0.05, 0.1) is 5.69 Å². The molecule has 1 fully saturated rings. The van der Waals surface area contributed by atoms with E-state index in [1.165, 1.54) is 12.1 Å². The van der Waals surface area contributed by atoms with Crippen LogP contribution in [0.3, 0.4) is 0 Å². The number of nitrogens with one attached hydrogen (secondary N) is 1. The summed E-state index contributed by atoms with van der Waals surface area (Å²) in [6, 6.07) is 4.11. The van der Waals surface area contributed by atoms with E-state index in [1.807, 2.05) is 0 Å². The van der Waals surface area contributed by atoms with E-state index in [-0.39, 0.29) is 6.54 Å². The van der Waals surface area contributed by atoms with Crippen LogP contribution >= 0.6 is 0 Å². The molecule has 1 aromatic rings. The van der Waals surface area contributed by atoms with E-state index >= 15 is 0 Å². The van der Waals surface area contributed by atoms with Crippen LogP contribution in [0.1, 0.15) is 18.5 Å². The Hall–Kier alpha value is -1.51. The van der Waals surface area contributed by atoms with Crippen LogP contribution in [0.15, 0.2) is 18.2 Å². The summed E-state index contributed by atoms with van der Waals surface area (Å²) in [5.74, 6) is -0.704. The third-order valence-electron chi connectivity index (χ3n) is 2.76. The van der Waals surface area contributed by atoms with Gasteiger partial charge in [-0.1, -0.05) is 6.07 Å². The summed E-state index contributed by atoms with van der Waals surface area (Å²) >= 11 is 0. The molecule has 1 saturated carbocycles. The van der Waals surface area contributed by atoms with Gasteiger partial charge in [0, 0.05) is 18.7 Å². The Bertz CT molecular complexity index is 469. The van der Waals surface area contributed by atoms with E-state index < -0.39 is 24.3 Å². The van der Waals surface area contributed by atoms with E-state index in [0.29, 0.717) is 11.7 Å². The zero-order valence-corrected chi connectivity index (χ0v) is 10.6. The fourth-order valence-electron chi connectivity index (χ4n) is 1.60. The first-order valence-electron chi connectivity index (χ1n) is 6.15. The summed E-state index contributed by atoms with van der Waals surface area (Å²) < 4.78 is 78.3. The van der Waals surface area contributed by atoms with Crippen molar-refractivity contribution in [2.24, 2.45) is 0 Å². The minimum Gasteiger partial charge on any atom is -0.455 e. The van der Waals surface area contributed by atoms with Gasteiger partial charge in [-0.25, -0.2) is 4.98 Å². The molecule has 0 saturated heterocycles. The van der Waals surface area contributed by atoms with E-state index in [9.17, 15) is 26.3 Å². The zero-order valence-electron chi connectivity index (χ0n) is 10.6. The van der Waals surface area contributed by atoms with Gasteiger partial charge in [-0.05, 0) is 18.9 Å². The number of ether oxygens (including phenoxy) is 1.